The van der Waals surface area contributed by atoms with Gasteiger partial charge < -0.3 is 20.1 Å². The molecular formula is C11H22N2O4. The molecule has 0 spiro atoms. The number of nitrogens with one attached hydrogen (secondary N) is 1. The van der Waals surface area contributed by atoms with E-state index in [1.54, 1.807) is 34.9 Å². The van der Waals surface area contributed by atoms with Gasteiger partial charge in [-0.2, -0.15) is 0 Å². The van der Waals surface area contributed by atoms with Crippen molar-refractivity contribution in [3.63, 3.8) is 0 Å². The number of aliphatic hydroxyl groups excluding tert-OH is 1. The highest BCUT2D eigenvalue weighted by Gasteiger charge is 2.24. The maximum atomic E-state index is 11.7. The third kappa shape index (κ3) is 6.78. The number of likely N-dealkylation sites (N-methyl/N-ethyl adjacent to an activating group) is 1. The molecule has 0 saturated heterocycles. The fraction of sp³-hybridized carbons (Fsp3) is 0.818. The van der Waals surface area contributed by atoms with Gasteiger partial charge >= 0.3 is 6.09 Å². The molecule has 0 saturated carbocycles. The predicted molar refractivity (Wildman–Crippen MR) is 63.6 cm³/mol. The van der Waals surface area contributed by atoms with Gasteiger partial charge in [-0.15, -0.1) is 0 Å². The van der Waals surface area contributed by atoms with Gasteiger partial charge in [0.15, 0.2) is 0 Å². The molecule has 0 rings (SSSR count). The number of hydrogen-bond donors (Lipinski definition) is 2. The van der Waals surface area contributed by atoms with Gasteiger partial charge in [-0.3, -0.25) is 4.79 Å². The molecule has 0 aliphatic heterocycles. The van der Waals surface area contributed by atoms with E-state index in [1.807, 2.05) is 0 Å². The standard InChI is InChI=1S/C11H22N2O4/c1-11(2,3)17-10(16)12-8(6-7-14)9(15)13(4)5/h8,14H,6-7H2,1-5H3,(H,12,16)/t8-/m0/s1. The lowest BCUT2D eigenvalue weighted by atomic mass is 10.2. The Hall–Kier alpha value is -1.30. The Balaban J connectivity index is 4.45. The van der Waals surface area contributed by atoms with E-state index in [0.717, 1.165) is 0 Å². The van der Waals surface area contributed by atoms with Crippen LogP contribution in [0.25, 0.3) is 0 Å². The van der Waals surface area contributed by atoms with Gasteiger partial charge in [0.2, 0.25) is 5.91 Å². The van der Waals surface area contributed by atoms with Crippen molar-refractivity contribution < 1.29 is 19.4 Å². The van der Waals surface area contributed by atoms with Gasteiger partial charge in [0.25, 0.3) is 0 Å². The van der Waals surface area contributed by atoms with Crippen molar-refractivity contribution in [2.75, 3.05) is 20.7 Å². The molecule has 0 aliphatic rings. The second-order valence-electron chi connectivity index (χ2n) is 4.94. The van der Waals surface area contributed by atoms with Crippen molar-refractivity contribution in [1.29, 1.82) is 0 Å². The first-order valence-electron chi connectivity index (χ1n) is 5.49. The van der Waals surface area contributed by atoms with Crippen LogP contribution in [0.2, 0.25) is 0 Å². The average Bonchev–Trinajstić information content (AvgIpc) is 2.12. The molecule has 0 aromatic heterocycles. The highest BCUT2D eigenvalue weighted by molar-refractivity contribution is 5.85. The monoisotopic (exact) mass is 246 g/mol. The van der Waals surface area contributed by atoms with Crippen molar-refractivity contribution in [1.82, 2.24) is 10.2 Å². The highest BCUT2D eigenvalue weighted by atomic mass is 16.6. The van der Waals surface area contributed by atoms with E-state index in [2.05, 4.69) is 5.32 Å². The summed E-state index contributed by atoms with van der Waals surface area (Å²) in [5, 5.41) is 11.3. The van der Waals surface area contributed by atoms with Gasteiger partial charge in [-0.1, -0.05) is 0 Å². The maximum Gasteiger partial charge on any atom is 0.408 e. The van der Waals surface area contributed by atoms with E-state index in [4.69, 9.17) is 9.84 Å². The molecule has 0 fully saturated rings. The number of rotatable bonds is 4. The van der Waals surface area contributed by atoms with E-state index in [1.165, 1.54) is 4.90 Å². The summed E-state index contributed by atoms with van der Waals surface area (Å²) < 4.78 is 5.04. The summed E-state index contributed by atoms with van der Waals surface area (Å²) in [6.07, 6.45) is -0.498. The van der Waals surface area contributed by atoms with Gasteiger partial charge in [0.1, 0.15) is 11.6 Å². The SMILES string of the molecule is CN(C)C(=O)[C@H](CCO)NC(=O)OC(C)(C)C. The fourth-order valence-electron chi connectivity index (χ4n) is 1.15. The van der Waals surface area contributed by atoms with E-state index in [0.29, 0.717) is 0 Å². The van der Waals surface area contributed by atoms with Crippen LogP contribution in [0.3, 0.4) is 0 Å². The zero-order chi connectivity index (χ0) is 13.6. The third-order valence-electron chi connectivity index (χ3n) is 1.85. The second-order valence-corrected chi connectivity index (χ2v) is 4.94. The number of aliphatic hydroxyl groups is 1. The first kappa shape index (κ1) is 15.7. The van der Waals surface area contributed by atoms with Gasteiger partial charge in [-0.05, 0) is 27.2 Å². The molecule has 0 aliphatic carbocycles. The predicted octanol–water partition coefficient (Wildman–Crippen LogP) is 0.350. The van der Waals surface area contributed by atoms with Crippen molar-refractivity contribution in [2.45, 2.75) is 38.8 Å². The molecule has 0 aromatic rings. The summed E-state index contributed by atoms with van der Waals surface area (Å²) in [7, 11) is 3.17. The van der Waals surface area contributed by atoms with Crippen LogP contribution in [0.5, 0.6) is 0 Å². The summed E-state index contributed by atoms with van der Waals surface area (Å²) in [5.41, 5.74) is -0.616. The Kier molecular flexibility index (Phi) is 5.95. The van der Waals surface area contributed by atoms with Crippen molar-refractivity contribution >= 4 is 12.0 Å². The Bertz CT molecular complexity index is 271. The van der Waals surface area contributed by atoms with Crippen LogP contribution in [0.1, 0.15) is 27.2 Å². The largest absolute Gasteiger partial charge is 0.444 e. The Morgan fingerprint density at radius 3 is 2.24 bits per heavy atom. The normalized spacial score (nSPS) is 12.8. The topological polar surface area (TPSA) is 78.9 Å². The molecule has 0 aromatic carbocycles. The summed E-state index contributed by atoms with van der Waals surface area (Å²) in [6.45, 7) is 5.03. The van der Waals surface area contributed by atoms with Crippen LogP contribution in [0, 0.1) is 0 Å². The smallest absolute Gasteiger partial charge is 0.408 e. The maximum absolute atomic E-state index is 11.7. The molecular weight excluding hydrogens is 224 g/mol. The molecule has 6 nitrogen and oxygen atoms in total. The Labute approximate surface area is 102 Å². The summed E-state index contributed by atoms with van der Waals surface area (Å²) in [4.78, 5) is 24.5. The van der Waals surface area contributed by atoms with Crippen LogP contribution in [0.15, 0.2) is 0 Å². The molecule has 2 N–H and O–H groups in total. The molecule has 0 heterocycles. The second kappa shape index (κ2) is 6.44. The third-order valence-corrected chi connectivity index (χ3v) is 1.85. The number of amides is 2. The lowest BCUT2D eigenvalue weighted by Crippen LogP contribution is -2.48. The molecule has 6 heteroatoms. The number of hydrogen-bond acceptors (Lipinski definition) is 4. The van der Waals surface area contributed by atoms with Crippen molar-refractivity contribution in [3.8, 4) is 0 Å². The number of ether oxygens (including phenoxy) is 1. The molecule has 17 heavy (non-hydrogen) atoms. The minimum Gasteiger partial charge on any atom is -0.444 e. The van der Waals surface area contributed by atoms with Crippen molar-refractivity contribution in [3.05, 3.63) is 0 Å². The van der Waals surface area contributed by atoms with E-state index in [9.17, 15) is 9.59 Å². The first-order chi connectivity index (χ1) is 7.67. The average molecular weight is 246 g/mol. The van der Waals surface area contributed by atoms with E-state index >= 15 is 0 Å². The van der Waals surface area contributed by atoms with Crippen LogP contribution in [-0.4, -0.2) is 54.4 Å². The lowest BCUT2D eigenvalue weighted by Gasteiger charge is -2.24. The van der Waals surface area contributed by atoms with Crippen LogP contribution < -0.4 is 5.32 Å². The summed E-state index contributed by atoms with van der Waals surface area (Å²) in [6, 6.07) is -0.759. The van der Waals surface area contributed by atoms with Gasteiger partial charge in [-0.25, -0.2) is 4.79 Å². The molecule has 0 radical (unpaired) electrons. The van der Waals surface area contributed by atoms with E-state index < -0.39 is 17.7 Å². The molecule has 2 amide bonds. The van der Waals surface area contributed by atoms with Crippen molar-refractivity contribution in [2.24, 2.45) is 0 Å². The van der Waals surface area contributed by atoms with E-state index in [-0.39, 0.29) is 18.9 Å². The highest BCUT2D eigenvalue weighted by Crippen LogP contribution is 2.07. The minimum absolute atomic E-state index is 0.163. The quantitative estimate of drug-likeness (QED) is 0.750. The number of carbonyl (C=O) groups excluding carboxylic acids is 2. The fourth-order valence-corrected chi connectivity index (χ4v) is 1.15. The molecule has 100 valence electrons. The molecule has 1 atom stereocenters. The summed E-state index contributed by atoms with van der Waals surface area (Å²) >= 11 is 0. The minimum atomic E-state index is -0.759. The van der Waals surface area contributed by atoms with Crippen LogP contribution in [0.4, 0.5) is 4.79 Å². The zero-order valence-electron chi connectivity index (χ0n) is 11.1. The lowest BCUT2D eigenvalue weighted by molar-refractivity contribution is -0.131. The number of alkyl carbamates (subject to hydrolysis) is 1. The van der Waals surface area contributed by atoms with Gasteiger partial charge in [0.05, 0.1) is 0 Å². The van der Waals surface area contributed by atoms with Gasteiger partial charge in [0, 0.05) is 20.7 Å². The molecule has 0 unspecified atom stereocenters. The summed E-state index contributed by atoms with van der Waals surface area (Å²) in [5.74, 6) is -0.273. The first-order valence-corrected chi connectivity index (χ1v) is 5.49. The van der Waals surface area contributed by atoms with Crippen LogP contribution in [-0.2, 0) is 9.53 Å². The zero-order valence-corrected chi connectivity index (χ0v) is 11.1. The Morgan fingerprint density at radius 2 is 1.88 bits per heavy atom. The number of nitrogens with zero attached hydrogens (tertiary/aromatic N) is 1. The van der Waals surface area contributed by atoms with Crippen LogP contribution >= 0.6 is 0 Å². The Morgan fingerprint density at radius 1 is 1.35 bits per heavy atom. The number of carbonyl (C=O) groups is 2. The molecule has 0 bridgehead atoms.